The minimum absolute atomic E-state index is 0.143. The number of aromatic nitrogens is 4. The maximum absolute atomic E-state index is 12.7. The van der Waals surface area contributed by atoms with E-state index >= 15 is 0 Å². The van der Waals surface area contributed by atoms with Crippen molar-refractivity contribution in [3.05, 3.63) is 78.1 Å². The molecular formula is C25H24N6O2S. The van der Waals surface area contributed by atoms with Crippen LogP contribution in [0.3, 0.4) is 0 Å². The van der Waals surface area contributed by atoms with E-state index in [1.807, 2.05) is 22.8 Å². The fourth-order valence-electron chi connectivity index (χ4n) is 3.35. The van der Waals surface area contributed by atoms with E-state index in [9.17, 15) is 9.59 Å². The molecule has 4 rings (SSSR count). The minimum atomic E-state index is -0.190. The van der Waals surface area contributed by atoms with Gasteiger partial charge in [0, 0.05) is 36.3 Å². The zero-order valence-electron chi connectivity index (χ0n) is 19.1. The molecule has 2 heterocycles. The van der Waals surface area contributed by atoms with Crippen molar-refractivity contribution >= 4 is 35.0 Å². The van der Waals surface area contributed by atoms with Gasteiger partial charge in [-0.25, -0.2) is 0 Å². The average molecular weight is 473 g/mol. The summed E-state index contributed by atoms with van der Waals surface area (Å²) in [5.41, 5.74) is 5.37. The summed E-state index contributed by atoms with van der Waals surface area (Å²) in [6.45, 7) is 5.56. The van der Waals surface area contributed by atoms with E-state index in [4.69, 9.17) is 0 Å². The lowest BCUT2D eigenvalue weighted by molar-refractivity contribution is -0.114. The van der Waals surface area contributed by atoms with Crippen LogP contribution in [-0.4, -0.2) is 37.3 Å². The Morgan fingerprint density at radius 3 is 2.35 bits per heavy atom. The number of thioether (sulfide) groups is 1. The molecule has 0 spiro atoms. The lowest BCUT2D eigenvalue weighted by atomic mass is 10.1. The summed E-state index contributed by atoms with van der Waals surface area (Å²) < 4.78 is 1.96. The molecule has 0 aliphatic heterocycles. The van der Waals surface area contributed by atoms with Gasteiger partial charge in [0.1, 0.15) is 0 Å². The van der Waals surface area contributed by atoms with Crippen LogP contribution in [-0.2, 0) is 9.59 Å². The van der Waals surface area contributed by atoms with Crippen molar-refractivity contribution in [2.75, 3.05) is 16.4 Å². The van der Waals surface area contributed by atoms with Gasteiger partial charge in [-0.3, -0.25) is 19.1 Å². The third-order valence-corrected chi connectivity index (χ3v) is 6.05. The van der Waals surface area contributed by atoms with Gasteiger partial charge in [0.25, 0.3) is 0 Å². The highest BCUT2D eigenvalue weighted by atomic mass is 32.2. The van der Waals surface area contributed by atoms with E-state index < -0.39 is 0 Å². The van der Waals surface area contributed by atoms with E-state index in [2.05, 4.69) is 51.8 Å². The molecule has 0 saturated heterocycles. The van der Waals surface area contributed by atoms with Gasteiger partial charge in [0.15, 0.2) is 11.0 Å². The molecule has 0 saturated carbocycles. The van der Waals surface area contributed by atoms with E-state index in [0.29, 0.717) is 22.4 Å². The molecule has 172 valence electrons. The van der Waals surface area contributed by atoms with Crippen molar-refractivity contribution in [1.29, 1.82) is 0 Å². The molecule has 34 heavy (non-hydrogen) atoms. The minimum Gasteiger partial charge on any atom is -0.326 e. The monoisotopic (exact) mass is 472 g/mol. The van der Waals surface area contributed by atoms with Crippen molar-refractivity contribution in [1.82, 2.24) is 19.7 Å². The number of nitrogens with one attached hydrogen (secondary N) is 2. The van der Waals surface area contributed by atoms with Crippen molar-refractivity contribution in [2.24, 2.45) is 0 Å². The Kier molecular flexibility index (Phi) is 7.03. The standard InChI is InChI=1S/C25H24N6O2S/c1-16-7-8-22(13-17(16)2)31-24(19-9-11-26-12-10-19)29-30-25(31)34-15-23(33)28-21-6-4-5-20(14-21)27-18(3)32/h4-14H,15H2,1-3H3,(H,27,32)(H,28,33). The fraction of sp³-hybridized carbons (Fsp3) is 0.160. The summed E-state index contributed by atoms with van der Waals surface area (Å²) in [7, 11) is 0. The molecule has 0 aliphatic carbocycles. The number of amides is 2. The average Bonchev–Trinajstić information content (AvgIpc) is 3.24. The number of carbonyl (C=O) groups excluding carboxylic acids is 2. The third kappa shape index (κ3) is 5.49. The normalized spacial score (nSPS) is 10.7. The Morgan fingerprint density at radius 1 is 0.912 bits per heavy atom. The number of nitrogens with zero attached hydrogens (tertiary/aromatic N) is 4. The third-order valence-electron chi connectivity index (χ3n) is 5.12. The number of carbonyl (C=O) groups is 2. The van der Waals surface area contributed by atoms with Crippen LogP contribution in [0.25, 0.3) is 17.1 Å². The van der Waals surface area contributed by atoms with Crippen LogP contribution in [0, 0.1) is 13.8 Å². The molecule has 0 atom stereocenters. The maximum Gasteiger partial charge on any atom is 0.234 e. The predicted octanol–water partition coefficient (Wildman–Crippen LogP) is 4.64. The van der Waals surface area contributed by atoms with Gasteiger partial charge in [-0.15, -0.1) is 10.2 Å². The summed E-state index contributed by atoms with van der Waals surface area (Å²) in [5, 5.41) is 15.0. The summed E-state index contributed by atoms with van der Waals surface area (Å²) in [6.07, 6.45) is 3.42. The number of hydrogen-bond donors (Lipinski definition) is 2. The largest absolute Gasteiger partial charge is 0.326 e. The number of pyridine rings is 1. The number of benzene rings is 2. The first kappa shape index (κ1) is 23.2. The van der Waals surface area contributed by atoms with Gasteiger partial charge in [-0.05, 0) is 67.4 Å². The van der Waals surface area contributed by atoms with E-state index in [1.165, 1.54) is 24.2 Å². The fourth-order valence-corrected chi connectivity index (χ4v) is 4.11. The first-order valence-electron chi connectivity index (χ1n) is 10.6. The highest BCUT2D eigenvalue weighted by Crippen LogP contribution is 2.29. The van der Waals surface area contributed by atoms with Crippen LogP contribution in [0.5, 0.6) is 0 Å². The molecule has 2 N–H and O–H groups in total. The summed E-state index contributed by atoms with van der Waals surface area (Å²) in [6, 6.07) is 16.9. The number of rotatable bonds is 7. The molecular weight excluding hydrogens is 448 g/mol. The van der Waals surface area contributed by atoms with Crippen molar-refractivity contribution in [3.63, 3.8) is 0 Å². The molecule has 8 nitrogen and oxygen atoms in total. The zero-order valence-corrected chi connectivity index (χ0v) is 19.9. The Morgan fingerprint density at radius 2 is 1.65 bits per heavy atom. The summed E-state index contributed by atoms with van der Waals surface area (Å²) >= 11 is 1.30. The van der Waals surface area contributed by atoms with Gasteiger partial charge in [0.2, 0.25) is 11.8 Å². The first-order valence-corrected chi connectivity index (χ1v) is 11.6. The van der Waals surface area contributed by atoms with E-state index in [1.54, 1.807) is 36.7 Å². The molecule has 2 amide bonds. The Balaban J connectivity index is 1.56. The van der Waals surface area contributed by atoms with E-state index in [0.717, 1.165) is 16.8 Å². The Bertz CT molecular complexity index is 1340. The molecule has 2 aromatic heterocycles. The van der Waals surface area contributed by atoms with E-state index in [-0.39, 0.29) is 17.6 Å². The topological polar surface area (TPSA) is 102 Å². The molecule has 0 unspecified atom stereocenters. The predicted molar refractivity (Wildman–Crippen MR) is 134 cm³/mol. The molecule has 9 heteroatoms. The van der Waals surface area contributed by atoms with Gasteiger partial charge >= 0.3 is 0 Å². The van der Waals surface area contributed by atoms with Crippen molar-refractivity contribution < 1.29 is 9.59 Å². The molecule has 0 fully saturated rings. The summed E-state index contributed by atoms with van der Waals surface area (Å²) in [4.78, 5) is 28.0. The second-order valence-electron chi connectivity index (χ2n) is 7.74. The second kappa shape index (κ2) is 10.3. The smallest absolute Gasteiger partial charge is 0.234 e. The van der Waals surface area contributed by atoms with Gasteiger partial charge in [-0.2, -0.15) is 0 Å². The van der Waals surface area contributed by atoms with Crippen LogP contribution < -0.4 is 10.6 Å². The van der Waals surface area contributed by atoms with Crippen molar-refractivity contribution in [2.45, 2.75) is 25.9 Å². The highest BCUT2D eigenvalue weighted by molar-refractivity contribution is 7.99. The first-order chi connectivity index (χ1) is 16.4. The summed E-state index contributed by atoms with van der Waals surface area (Å²) in [5.74, 6) is 0.459. The molecule has 0 radical (unpaired) electrons. The van der Waals surface area contributed by atoms with Crippen molar-refractivity contribution in [3.8, 4) is 17.1 Å². The van der Waals surface area contributed by atoms with Crippen LogP contribution in [0.4, 0.5) is 11.4 Å². The number of hydrogen-bond acceptors (Lipinski definition) is 6. The SMILES string of the molecule is CC(=O)Nc1cccc(NC(=O)CSc2nnc(-c3ccncc3)n2-c2ccc(C)c(C)c2)c1. The zero-order chi connectivity index (χ0) is 24.1. The quantitative estimate of drug-likeness (QED) is 0.380. The van der Waals surface area contributed by atoms with Gasteiger partial charge < -0.3 is 10.6 Å². The second-order valence-corrected chi connectivity index (χ2v) is 8.69. The van der Waals surface area contributed by atoms with Gasteiger partial charge in [-0.1, -0.05) is 23.9 Å². The van der Waals surface area contributed by atoms with Gasteiger partial charge in [0.05, 0.1) is 11.4 Å². The molecule has 2 aromatic carbocycles. The van der Waals surface area contributed by atoms with Crippen LogP contribution in [0.15, 0.2) is 72.1 Å². The Labute approximate surface area is 201 Å². The molecule has 4 aromatic rings. The molecule has 0 bridgehead atoms. The maximum atomic E-state index is 12.7. The lowest BCUT2D eigenvalue weighted by Crippen LogP contribution is -2.15. The molecule has 0 aliphatic rings. The number of anilines is 2. The highest BCUT2D eigenvalue weighted by Gasteiger charge is 2.18. The number of aryl methyl sites for hydroxylation is 2. The van der Waals surface area contributed by atoms with Crippen LogP contribution in [0.2, 0.25) is 0 Å². The lowest BCUT2D eigenvalue weighted by Gasteiger charge is -2.12. The van der Waals surface area contributed by atoms with Crippen LogP contribution >= 0.6 is 11.8 Å². The Hall–Kier alpha value is -3.98. The van der Waals surface area contributed by atoms with Crippen LogP contribution in [0.1, 0.15) is 18.1 Å².